The van der Waals surface area contributed by atoms with E-state index in [1.807, 2.05) is 0 Å². The van der Waals surface area contributed by atoms with Crippen LogP contribution in [0.2, 0.25) is 0 Å². The van der Waals surface area contributed by atoms with Crippen LogP contribution in [0.4, 0.5) is 13.2 Å². The first-order valence-electron chi connectivity index (χ1n) is 8.60. The number of nitrogens with one attached hydrogen (secondary N) is 1. The van der Waals surface area contributed by atoms with Gasteiger partial charge in [0.2, 0.25) is 0 Å². The summed E-state index contributed by atoms with van der Waals surface area (Å²) in [7, 11) is 0. The number of aryl methyl sites for hydroxylation is 3. The monoisotopic (exact) mass is 388 g/mol. The molecular formula is C20H19F3N4O. The van der Waals surface area contributed by atoms with Crippen LogP contribution in [0.3, 0.4) is 0 Å². The fourth-order valence-electron chi connectivity index (χ4n) is 2.88. The van der Waals surface area contributed by atoms with E-state index >= 15 is 0 Å². The molecule has 0 fully saturated rings. The van der Waals surface area contributed by atoms with Gasteiger partial charge in [0.1, 0.15) is 0 Å². The lowest BCUT2D eigenvalue weighted by Crippen LogP contribution is -2.25. The van der Waals surface area contributed by atoms with Crippen molar-refractivity contribution in [2.45, 2.75) is 33.5 Å². The predicted octanol–water partition coefficient (Wildman–Crippen LogP) is 4.14. The standard InChI is InChI=1S/C20H19F3N4O/c1-12-4-5-16(11-24-12)19(28)25-10-15-6-7-17(9-18(15)20(21,22)23)27-14(3)8-13(2)26-27/h4-9,11H,10H2,1-3H3,(H,25,28). The van der Waals surface area contributed by atoms with Crippen LogP contribution in [-0.2, 0) is 12.7 Å². The molecule has 0 spiro atoms. The van der Waals surface area contributed by atoms with E-state index in [0.717, 1.165) is 17.5 Å². The van der Waals surface area contributed by atoms with Gasteiger partial charge in [-0.15, -0.1) is 0 Å². The van der Waals surface area contributed by atoms with Crippen molar-refractivity contribution < 1.29 is 18.0 Å². The number of halogens is 3. The Balaban J connectivity index is 1.87. The molecule has 1 N–H and O–H groups in total. The maximum atomic E-state index is 13.6. The van der Waals surface area contributed by atoms with E-state index in [0.29, 0.717) is 16.9 Å². The number of alkyl halides is 3. The molecule has 3 rings (SSSR count). The summed E-state index contributed by atoms with van der Waals surface area (Å²) in [5.41, 5.74) is 1.98. The Labute approximate surface area is 160 Å². The van der Waals surface area contributed by atoms with Gasteiger partial charge in [-0.1, -0.05) is 6.07 Å². The molecule has 2 heterocycles. The molecule has 28 heavy (non-hydrogen) atoms. The van der Waals surface area contributed by atoms with Gasteiger partial charge in [-0.25, -0.2) is 4.68 Å². The van der Waals surface area contributed by atoms with E-state index in [2.05, 4.69) is 15.4 Å². The van der Waals surface area contributed by atoms with Gasteiger partial charge in [0.05, 0.1) is 22.5 Å². The van der Waals surface area contributed by atoms with Crippen molar-refractivity contribution in [1.82, 2.24) is 20.1 Å². The highest BCUT2D eigenvalue weighted by Crippen LogP contribution is 2.33. The van der Waals surface area contributed by atoms with Gasteiger partial charge in [0.15, 0.2) is 0 Å². The molecular weight excluding hydrogens is 369 g/mol. The summed E-state index contributed by atoms with van der Waals surface area (Å²) in [4.78, 5) is 16.2. The molecule has 2 aromatic heterocycles. The van der Waals surface area contributed by atoms with Crippen LogP contribution < -0.4 is 5.32 Å². The summed E-state index contributed by atoms with van der Waals surface area (Å²) in [5.74, 6) is -0.483. The van der Waals surface area contributed by atoms with Crippen LogP contribution in [-0.4, -0.2) is 20.7 Å². The highest BCUT2D eigenvalue weighted by molar-refractivity contribution is 5.93. The zero-order chi connectivity index (χ0) is 20.5. The summed E-state index contributed by atoms with van der Waals surface area (Å²) < 4.78 is 42.2. The lowest BCUT2D eigenvalue weighted by Gasteiger charge is -2.16. The zero-order valence-electron chi connectivity index (χ0n) is 15.6. The molecule has 3 aromatic rings. The minimum Gasteiger partial charge on any atom is -0.348 e. The molecule has 1 amide bonds. The first-order valence-corrected chi connectivity index (χ1v) is 8.60. The summed E-state index contributed by atoms with van der Waals surface area (Å²) in [6.07, 6.45) is -3.17. The third-order valence-corrected chi connectivity index (χ3v) is 4.27. The van der Waals surface area contributed by atoms with E-state index in [-0.39, 0.29) is 12.1 Å². The SMILES string of the molecule is Cc1ccc(C(=O)NCc2ccc(-n3nc(C)cc3C)cc2C(F)(F)F)cn1. The Morgan fingerprint density at radius 1 is 1.07 bits per heavy atom. The number of amides is 1. The maximum Gasteiger partial charge on any atom is 0.416 e. The van der Waals surface area contributed by atoms with Crippen molar-refractivity contribution in [1.29, 1.82) is 0 Å². The number of aromatic nitrogens is 3. The molecule has 5 nitrogen and oxygen atoms in total. The lowest BCUT2D eigenvalue weighted by atomic mass is 10.1. The van der Waals surface area contributed by atoms with Gasteiger partial charge in [-0.2, -0.15) is 18.3 Å². The van der Waals surface area contributed by atoms with Crippen LogP contribution in [0.5, 0.6) is 0 Å². The average Bonchev–Trinajstić information content (AvgIpc) is 2.97. The number of benzene rings is 1. The maximum absolute atomic E-state index is 13.6. The number of nitrogens with zero attached hydrogens (tertiary/aromatic N) is 3. The molecule has 0 saturated heterocycles. The molecule has 0 radical (unpaired) electrons. The van der Waals surface area contributed by atoms with Crippen molar-refractivity contribution in [2.24, 2.45) is 0 Å². The molecule has 0 aliphatic rings. The van der Waals surface area contributed by atoms with Gasteiger partial charge in [-0.05, 0) is 56.7 Å². The molecule has 0 aliphatic carbocycles. The lowest BCUT2D eigenvalue weighted by molar-refractivity contribution is -0.138. The van der Waals surface area contributed by atoms with E-state index in [1.165, 1.54) is 16.9 Å². The highest BCUT2D eigenvalue weighted by atomic mass is 19.4. The van der Waals surface area contributed by atoms with Gasteiger partial charge >= 0.3 is 6.18 Å². The van der Waals surface area contributed by atoms with E-state index in [9.17, 15) is 18.0 Å². The molecule has 0 saturated carbocycles. The Morgan fingerprint density at radius 2 is 1.82 bits per heavy atom. The van der Waals surface area contributed by atoms with Crippen LogP contribution in [0, 0.1) is 20.8 Å². The highest BCUT2D eigenvalue weighted by Gasteiger charge is 2.34. The van der Waals surface area contributed by atoms with Gasteiger partial charge in [-0.3, -0.25) is 9.78 Å². The zero-order valence-corrected chi connectivity index (χ0v) is 15.6. The largest absolute Gasteiger partial charge is 0.416 e. The Kier molecular flexibility index (Phi) is 5.22. The molecule has 8 heteroatoms. The number of pyridine rings is 1. The second-order valence-corrected chi connectivity index (χ2v) is 6.55. The second kappa shape index (κ2) is 7.46. The summed E-state index contributed by atoms with van der Waals surface area (Å²) in [6.45, 7) is 5.08. The topological polar surface area (TPSA) is 59.8 Å². The smallest absolute Gasteiger partial charge is 0.348 e. The van der Waals surface area contributed by atoms with Crippen molar-refractivity contribution >= 4 is 5.91 Å². The normalized spacial score (nSPS) is 11.5. The van der Waals surface area contributed by atoms with Crippen LogP contribution in [0.1, 0.15) is 38.6 Å². The Bertz CT molecular complexity index is 1010. The van der Waals surface area contributed by atoms with Crippen molar-refractivity contribution in [2.75, 3.05) is 0 Å². The first-order chi connectivity index (χ1) is 13.1. The van der Waals surface area contributed by atoms with Gasteiger partial charge in [0.25, 0.3) is 5.91 Å². The minimum atomic E-state index is -4.56. The average molecular weight is 388 g/mol. The quantitative estimate of drug-likeness (QED) is 0.731. The number of hydrogen-bond acceptors (Lipinski definition) is 3. The number of hydrogen-bond donors (Lipinski definition) is 1. The predicted molar refractivity (Wildman–Crippen MR) is 98.2 cm³/mol. The van der Waals surface area contributed by atoms with Crippen LogP contribution >= 0.6 is 0 Å². The van der Waals surface area contributed by atoms with E-state index in [4.69, 9.17) is 0 Å². The molecule has 146 valence electrons. The molecule has 0 unspecified atom stereocenters. The summed E-state index contributed by atoms with van der Waals surface area (Å²) in [6, 6.07) is 9.00. The molecule has 0 aliphatic heterocycles. The van der Waals surface area contributed by atoms with Crippen molar-refractivity contribution in [3.8, 4) is 5.69 Å². The first kappa shape index (κ1) is 19.6. The third-order valence-electron chi connectivity index (χ3n) is 4.27. The van der Waals surface area contributed by atoms with Crippen LogP contribution in [0.25, 0.3) is 5.69 Å². The number of carbonyl (C=O) groups excluding carboxylic acids is 1. The number of rotatable bonds is 4. The fourth-order valence-corrected chi connectivity index (χ4v) is 2.88. The minimum absolute atomic E-state index is 0.0220. The number of carbonyl (C=O) groups is 1. The molecule has 1 aromatic carbocycles. The summed E-state index contributed by atoms with van der Waals surface area (Å²) >= 11 is 0. The van der Waals surface area contributed by atoms with E-state index in [1.54, 1.807) is 45.0 Å². The Hall–Kier alpha value is -3.16. The summed E-state index contributed by atoms with van der Waals surface area (Å²) in [5, 5.41) is 6.75. The van der Waals surface area contributed by atoms with Crippen LogP contribution in [0.15, 0.2) is 42.6 Å². The molecule has 0 bridgehead atoms. The van der Waals surface area contributed by atoms with Crippen molar-refractivity contribution in [3.63, 3.8) is 0 Å². The fraction of sp³-hybridized carbons (Fsp3) is 0.250. The Morgan fingerprint density at radius 3 is 2.39 bits per heavy atom. The van der Waals surface area contributed by atoms with Crippen molar-refractivity contribution in [3.05, 3.63) is 76.4 Å². The third kappa shape index (κ3) is 4.21. The second-order valence-electron chi connectivity index (χ2n) is 6.55. The molecule has 0 atom stereocenters. The van der Waals surface area contributed by atoms with Gasteiger partial charge in [0, 0.05) is 24.1 Å². The van der Waals surface area contributed by atoms with Gasteiger partial charge < -0.3 is 5.32 Å². The van der Waals surface area contributed by atoms with E-state index < -0.39 is 17.6 Å².